The van der Waals surface area contributed by atoms with Crippen molar-refractivity contribution in [2.45, 2.75) is 32.7 Å². The summed E-state index contributed by atoms with van der Waals surface area (Å²) in [5, 5.41) is 3.27. The number of carbonyl (C=O) groups is 1. The summed E-state index contributed by atoms with van der Waals surface area (Å²) in [6, 6.07) is 0.518. The molecule has 0 bridgehead atoms. The predicted molar refractivity (Wildman–Crippen MR) is 70.6 cm³/mol. The van der Waals surface area contributed by atoms with E-state index in [4.69, 9.17) is 5.73 Å². The number of likely N-dealkylation sites (tertiary alicyclic amines) is 1. The Balaban J connectivity index is 2.44. The van der Waals surface area contributed by atoms with Crippen LogP contribution in [0.2, 0.25) is 0 Å². The van der Waals surface area contributed by atoms with E-state index in [1.54, 1.807) is 0 Å². The third-order valence-electron chi connectivity index (χ3n) is 3.47. The van der Waals surface area contributed by atoms with E-state index in [2.05, 4.69) is 30.6 Å². The van der Waals surface area contributed by atoms with Crippen molar-refractivity contribution >= 4 is 5.91 Å². The van der Waals surface area contributed by atoms with E-state index in [0.29, 0.717) is 6.04 Å². The zero-order valence-electron chi connectivity index (χ0n) is 11.0. The van der Waals surface area contributed by atoms with Crippen LogP contribution in [-0.4, -0.2) is 43.0 Å². The molecular formula is C13H25N3O. The van der Waals surface area contributed by atoms with Crippen LogP contribution in [0.15, 0.2) is 12.2 Å². The molecule has 0 aliphatic carbocycles. The van der Waals surface area contributed by atoms with Gasteiger partial charge in [-0.05, 0) is 31.9 Å². The highest BCUT2D eigenvalue weighted by Gasteiger charge is 2.28. The number of rotatable bonds is 6. The van der Waals surface area contributed by atoms with E-state index < -0.39 is 0 Å². The van der Waals surface area contributed by atoms with E-state index in [1.807, 2.05) is 0 Å². The minimum absolute atomic E-state index is 0.0122. The van der Waals surface area contributed by atoms with Crippen molar-refractivity contribution in [1.82, 2.24) is 10.2 Å². The van der Waals surface area contributed by atoms with E-state index in [1.165, 1.54) is 5.57 Å². The molecule has 0 aromatic carbocycles. The molecule has 0 radical (unpaired) electrons. The molecule has 98 valence electrons. The number of primary amides is 1. The Morgan fingerprint density at radius 2 is 2.24 bits per heavy atom. The minimum atomic E-state index is -0.167. The second-order valence-corrected chi connectivity index (χ2v) is 4.99. The number of hydrogen-bond donors (Lipinski definition) is 2. The maximum atomic E-state index is 11.2. The summed E-state index contributed by atoms with van der Waals surface area (Å²) in [5.74, 6) is -0.155. The molecule has 17 heavy (non-hydrogen) atoms. The Morgan fingerprint density at radius 3 is 2.82 bits per heavy atom. The molecule has 1 aliphatic rings. The first-order chi connectivity index (χ1) is 8.04. The first-order valence-electron chi connectivity index (χ1n) is 6.45. The van der Waals surface area contributed by atoms with Gasteiger partial charge in [-0.25, -0.2) is 0 Å². The molecule has 0 saturated carbocycles. The van der Waals surface area contributed by atoms with E-state index in [-0.39, 0.29) is 11.8 Å². The fourth-order valence-electron chi connectivity index (χ4n) is 2.28. The van der Waals surface area contributed by atoms with Crippen LogP contribution in [0.5, 0.6) is 0 Å². The molecule has 4 nitrogen and oxygen atoms in total. The van der Waals surface area contributed by atoms with E-state index >= 15 is 0 Å². The number of hydrogen-bond acceptors (Lipinski definition) is 3. The Bertz CT molecular complexity index is 278. The molecule has 2 unspecified atom stereocenters. The van der Waals surface area contributed by atoms with Gasteiger partial charge in [-0.3, -0.25) is 9.69 Å². The first kappa shape index (κ1) is 14.2. The number of nitrogens with two attached hydrogens (primary N) is 1. The molecule has 1 rings (SSSR count). The van der Waals surface area contributed by atoms with Gasteiger partial charge in [0.1, 0.15) is 0 Å². The van der Waals surface area contributed by atoms with Gasteiger partial charge in [0.15, 0.2) is 0 Å². The highest BCUT2D eigenvalue weighted by Crippen LogP contribution is 2.22. The van der Waals surface area contributed by atoms with Crippen molar-refractivity contribution in [2.24, 2.45) is 11.7 Å². The summed E-state index contributed by atoms with van der Waals surface area (Å²) in [4.78, 5) is 13.5. The number of nitrogens with one attached hydrogen (secondary N) is 1. The lowest BCUT2D eigenvalue weighted by molar-refractivity contribution is -0.123. The van der Waals surface area contributed by atoms with Crippen molar-refractivity contribution in [3.8, 4) is 0 Å². The Hall–Kier alpha value is -0.870. The van der Waals surface area contributed by atoms with Gasteiger partial charge in [-0.15, -0.1) is 0 Å². The quantitative estimate of drug-likeness (QED) is 0.672. The van der Waals surface area contributed by atoms with Gasteiger partial charge in [0.05, 0.1) is 5.92 Å². The summed E-state index contributed by atoms with van der Waals surface area (Å²) >= 11 is 0. The third kappa shape index (κ3) is 4.48. The SMILES string of the molecule is C=C(CNCC)CN1CC(C(N)=O)CCC1C. The fourth-order valence-corrected chi connectivity index (χ4v) is 2.28. The summed E-state index contributed by atoms with van der Waals surface area (Å²) in [6.07, 6.45) is 1.97. The van der Waals surface area contributed by atoms with Crippen LogP contribution in [0.4, 0.5) is 0 Å². The number of piperidine rings is 1. The molecular weight excluding hydrogens is 214 g/mol. The second kappa shape index (κ2) is 6.77. The van der Waals surface area contributed by atoms with Crippen LogP contribution in [0.1, 0.15) is 26.7 Å². The predicted octanol–water partition coefficient (Wildman–Crippen LogP) is 0.738. The maximum Gasteiger partial charge on any atom is 0.221 e. The third-order valence-corrected chi connectivity index (χ3v) is 3.47. The normalized spacial score (nSPS) is 25.8. The molecule has 1 amide bonds. The summed E-state index contributed by atoms with van der Waals surface area (Å²) < 4.78 is 0. The zero-order chi connectivity index (χ0) is 12.8. The summed E-state index contributed by atoms with van der Waals surface area (Å²) in [6.45, 7) is 11.8. The molecule has 1 saturated heterocycles. The fraction of sp³-hybridized carbons (Fsp3) is 0.769. The van der Waals surface area contributed by atoms with Gasteiger partial charge in [-0.2, -0.15) is 0 Å². The average Bonchev–Trinajstić information content (AvgIpc) is 2.29. The Morgan fingerprint density at radius 1 is 1.53 bits per heavy atom. The van der Waals surface area contributed by atoms with E-state index in [0.717, 1.165) is 39.0 Å². The van der Waals surface area contributed by atoms with Crippen LogP contribution in [0.25, 0.3) is 0 Å². The van der Waals surface area contributed by atoms with Gasteiger partial charge in [0, 0.05) is 25.7 Å². The molecule has 2 atom stereocenters. The monoisotopic (exact) mass is 239 g/mol. The summed E-state index contributed by atoms with van der Waals surface area (Å²) in [5.41, 5.74) is 6.56. The zero-order valence-corrected chi connectivity index (χ0v) is 11.0. The van der Waals surface area contributed by atoms with Crippen LogP contribution < -0.4 is 11.1 Å². The maximum absolute atomic E-state index is 11.2. The largest absolute Gasteiger partial charge is 0.369 e. The van der Waals surface area contributed by atoms with Crippen LogP contribution in [0.3, 0.4) is 0 Å². The lowest BCUT2D eigenvalue weighted by atomic mass is 9.92. The van der Waals surface area contributed by atoms with Crippen molar-refractivity contribution in [1.29, 1.82) is 0 Å². The molecule has 4 heteroatoms. The van der Waals surface area contributed by atoms with Gasteiger partial charge in [0.2, 0.25) is 5.91 Å². The average molecular weight is 239 g/mol. The highest BCUT2D eigenvalue weighted by atomic mass is 16.1. The van der Waals surface area contributed by atoms with Crippen molar-refractivity contribution < 1.29 is 4.79 Å². The molecule has 0 aromatic rings. The Labute approximate surface area is 104 Å². The van der Waals surface area contributed by atoms with Gasteiger partial charge >= 0.3 is 0 Å². The van der Waals surface area contributed by atoms with Gasteiger partial charge < -0.3 is 11.1 Å². The first-order valence-corrected chi connectivity index (χ1v) is 6.45. The van der Waals surface area contributed by atoms with Crippen LogP contribution in [0, 0.1) is 5.92 Å². The number of likely N-dealkylation sites (N-methyl/N-ethyl adjacent to an activating group) is 1. The minimum Gasteiger partial charge on any atom is -0.369 e. The summed E-state index contributed by atoms with van der Waals surface area (Å²) in [7, 11) is 0. The molecule has 0 aromatic heterocycles. The number of amides is 1. The number of carbonyl (C=O) groups excluding carboxylic acids is 1. The lowest BCUT2D eigenvalue weighted by Crippen LogP contribution is -2.46. The standard InChI is InChI=1S/C13H25N3O/c1-4-15-7-10(2)8-16-9-12(13(14)17)6-5-11(16)3/h11-12,15H,2,4-9H2,1,3H3,(H2,14,17). The molecule has 3 N–H and O–H groups in total. The second-order valence-electron chi connectivity index (χ2n) is 4.99. The highest BCUT2D eigenvalue weighted by molar-refractivity contribution is 5.77. The smallest absolute Gasteiger partial charge is 0.221 e. The molecule has 1 fully saturated rings. The van der Waals surface area contributed by atoms with Gasteiger partial charge in [-0.1, -0.05) is 13.5 Å². The lowest BCUT2D eigenvalue weighted by Gasteiger charge is -2.37. The van der Waals surface area contributed by atoms with Crippen LogP contribution >= 0.6 is 0 Å². The molecule has 1 aliphatic heterocycles. The molecule has 0 spiro atoms. The van der Waals surface area contributed by atoms with Crippen molar-refractivity contribution in [3.63, 3.8) is 0 Å². The molecule has 1 heterocycles. The Kier molecular flexibility index (Phi) is 5.65. The van der Waals surface area contributed by atoms with E-state index in [9.17, 15) is 4.79 Å². The number of nitrogens with zero attached hydrogens (tertiary/aromatic N) is 1. The van der Waals surface area contributed by atoms with Crippen molar-refractivity contribution in [2.75, 3.05) is 26.2 Å². The van der Waals surface area contributed by atoms with Crippen molar-refractivity contribution in [3.05, 3.63) is 12.2 Å². The van der Waals surface area contributed by atoms with Gasteiger partial charge in [0.25, 0.3) is 0 Å². The topological polar surface area (TPSA) is 58.4 Å². The van der Waals surface area contributed by atoms with Crippen LogP contribution in [-0.2, 0) is 4.79 Å².